The average molecular weight is 292 g/mol. The maximum Gasteiger partial charge on any atom is 0.225 e. The molecule has 0 saturated carbocycles. The highest BCUT2D eigenvalue weighted by molar-refractivity contribution is 5.76. The fourth-order valence-corrected chi connectivity index (χ4v) is 2.36. The third-order valence-electron chi connectivity index (χ3n) is 3.58. The molecular formula is C15H24N4O2. The summed E-state index contributed by atoms with van der Waals surface area (Å²) in [7, 11) is 0. The van der Waals surface area contributed by atoms with Gasteiger partial charge in [-0.05, 0) is 18.6 Å². The maximum absolute atomic E-state index is 12.0. The molecule has 6 nitrogen and oxygen atoms in total. The van der Waals surface area contributed by atoms with E-state index in [1.807, 2.05) is 11.0 Å². The zero-order valence-corrected chi connectivity index (χ0v) is 12.6. The zero-order chi connectivity index (χ0) is 15.1. The van der Waals surface area contributed by atoms with E-state index in [2.05, 4.69) is 16.8 Å². The van der Waals surface area contributed by atoms with Crippen molar-refractivity contribution in [1.29, 1.82) is 0 Å². The van der Waals surface area contributed by atoms with Crippen LogP contribution in [0.3, 0.4) is 0 Å². The minimum absolute atomic E-state index is 0.182. The smallest absolute Gasteiger partial charge is 0.225 e. The summed E-state index contributed by atoms with van der Waals surface area (Å²) >= 11 is 0. The number of ether oxygens (including phenoxy) is 1. The number of rotatable bonds is 6. The van der Waals surface area contributed by atoms with E-state index in [0.717, 1.165) is 44.9 Å². The van der Waals surface area contributed by atoms with Crippen LogP contribution in [0.5, 0.6) is 0 Å². The third kappa shape index (κ3) is 4.60. The number of nitrogen functional groups attached to an aromatic ring is 1. The van der Waals surface area contributed by atoms with Crippen LogP contribution in [0, 0.1) is 0 Å². The van der Waals surface area contributed by atoms with Crippen LogP contribution in [0.4, 0.5) is 11.5 Å². The fourth-order valence-electron chi connectivity index (χ4n) is 2.36. The molecule has 116 valence electrons. The van der Waals surface area contributed by atoms with Gasteiger partial charge in [0.15, 0.2) is 0 Å². The van der Waals surface area contributed by atoms with Crippen molar-refractivity contribution < 1.29 is 9.53 Å². The number of hydrogen-bond donors (Lipinski definition) is 1. The molecule has 2 N–H and O–H groups in total. The molecule has 1 aromatic heterocycles. The van der Waals surface area contributed by atoms with E-state index in [1.165, 1.54) is 0 Å². The topological polar surface area (TPSA) is 71.7 Å². The van der Waals surface area contributed by atoms with E-state index in [-0.39, 0.29) is 5.91 Å². The van der Waals surface area contributed by atoms with E-state index < -0.39 is 0 Å². The van der Waals surface area contributed by atoms with Gasteiger partial charge in [0.05, 0.1) is 24.9 Å². The number of carbonyl (C=O) groups excluding carboxylic acids is 1. The Kier molecular flexibility index (Phi) is 5.80. The van der Waals surface area contributed by atoms with E-state index >= 15 is 0 Å². The van der Waals surface area contributed by atoms with Crippen LogP contribution in [0.1, 0.15) is 19.8 Å². The fraction of sp³-hybridized carbons (Fsp3) is 0.600. The van der Waals surface area contributed by atoms with E-state index in [4.69, 9.17) is 10.5 Å². The predicted octanol–water partition coefficient (Wildman–Crippen LogP) is 1.13. The van der Waals surface area contributed by atoms with Gasteiger partial charge in [0.25, 0.3) is 0 Å². The summed E-state index contributed by atoms with van der Waals surface area (Å²) in [6.45, 7) is 6.46. The molecule has 2 heterocycles. The number of hydrogen-bond acceptors (Lipinski definition) is 5. The molecule has 0 spiro atoms. The zero-order valence-electron chi connectivity index (χ0n) is 12.6. The third-order valence-corrected chi connectivity index (χ3v) is 3.58. The lowest BCUT2D eigenvalue weighted by molar-refractivity contribution is -0.132. The molecule has 0 radical (unpaired) electrons. The Morgan fingerprint density at radius 2 is 2.05 bits per heavy atom. The van der Waals surface area contributed by atoms with Crippen molar-refractivity contribution in [2.24, 2.45) is 0 Å². The predicted molar refractivity (Wildman–Crippen MR) is 83.2 cm³/mol. The van der Waals surface area contributed by atoms with Gasteiger partial charge in [-0.1, -0.05) is 6.92 Å². The van der Waals surface area contributed by atoms with Crippen LogP contribution in [-0.4, -0.2) is 55.2 Å². The molecule has 1 aliphatic heterocycles. The Labute approximate surface area is 125 Å². The monoisotopic (exact) mass is 292 g/mol. The average Bonchev–Trinajstić information content (AvgIpc) is 2.52. The highest BCUT2D eigenvalue weighted by atomic mass is 16.5. The Morgan fingerprint density at radius 3 is 2.67 bits per heavy atom. The van der Waals surface area contributed by atoms with Gasteiger partial charge in [-0.25, -0.2) is 4.98 Å². The van der Waals surface area contributed by atoms with Gasteiger partial charge in [-0.3, -0.25) is 4.79 Å². The minimum atomic E-state index is 0.182. The van der Waals surface area contributed by atoms with Crippen molar-refractivity contribution >= 4 is 17.4 Å². The number of piperazine rings is 1. The second-order valence-electron chi connectivity index (χ2n) is 5.17. The molecule has 1 amide bonds. The van der Waals surface area contributed by atoms with Crippen molar-refractivity contribution in [1.82, 2.24) is 9.88 Å². The van der Waals surface area contributed by atoms with Gasteiger partial charge >= 0.3 is 0 Å². The molecule has 2 rings (SSSR count). The summed E-state index contributed by atoms with van der Waals surface area (Å²) in [4.78, 5) is 20.3. The second kappa shape index (κ2) is 7.83. The lowest BCUT2D eigenvalue weighted by atomic mass is 10.2. The Balaban J connectivity index is 1.75. The van der Waals surface area contributed by atoms with Gasteiger partial charge in [0, 0.05) is 32.8 Å². The van der Waals surface area contributed by atoms with Crippen molar-refractivity contribution in [3.63, 3.8) is 0 Å². The Hall–Kier alpha value is -1.82. The first-order valence-corrected chi connectivity index (χ1v) is 7.52. The van der Waals surface area contributed by atoms with Gasteiger partial charge in [-0.15, -0.1) is 0 Å². The quantitative estimate of drug-likeness (QED) is 0.796. The highest BCUT2D eigenvalue weighted by Gasteiger charge is 2.21. The number of nitrogens with zero attached hydrogens (tertiary/aromatic N) is 3. The summed E-state index contributed by atoms with van der Waals surface area (Å²) in [6, 6.07) is 3.77. The van der Waals surface area contributed by atoms with Gasteiger partial charge in [0.2, 0.25) is 5.91 Å². The molecule has 1 saturated heterocycles. The molecule has 1 aromatic rings. The molecule has 21 heavy (non-hydrogen) atoms. The van der Waals surface area contributed by atoms with E-state index in [0.29, 0.717) is 18.8 Å². The SMILES string of the molecule is CCCOCCC(=O)N1CCN(c2ccc(N)nc2)CC1. The summed E-state index contributed by atoms with van der Waals surface area (Å²) in [5, 5.41) is 0. The number of anilines is 2. The molecule has 0 bridgehead atoms. The van der Waals surface area contributed by atoms with Gasteiger partial charge < -0.3 is 20.3 Å². The van der Waals surface area contributed by atoms with E-state index in [9.17, 15) is 4.79 Å². The number of aromatic nitrogens is 1. The van der Waals surface area contributed by atoms with Crippen LogP contribution < -0.4 is 10.6 Å². The maximum atomic E-state index is 12.0. The van der Waals surface area contributed by atoms with Crippen molar-refractivity contribution in [2.75, 3.05) is 50.0 Å². The summed E-state index contributed by atoms with van der Waals surface area (Å²) in [6.07, 6.45) is 3.25. The standard InChI is InChI=1S/C15H24N4O2/c1-2-10-21-11-5-15(20)19-8-6-18(7-9-19)13-3-4-14(16)17-12-13/h3-4,12H,2,5-11H2,1H3,(H2,16,17). The van der Waals surface area contributed by atoms with Gasteiger partial charge in [-0.2, -0.15) is 0 Å². The lowest BCUT2D eigenvalue weighted by Gasteiger charge is -2.36. The molecule has 0 aliphatic carbocycles. The summed E-state index contributed by atoms with van der Waals surface area (Å²) in [5.74, 6) is 0.709. The summed E-state index contributed by atoms with van der Waals surface area (Å²) < 4.78 is 5.37. The first-order chi connectivity index (χ1) is 10.2. The van der Waals surface area contributed by atoms with Crippen LogP contribution in [0.2, 0.25) is 0 Å². The first kappa shape index (κ1) is 15.6. The van der Waals surface area contributed by atoms with Crippen LogP contribution in [-0.2, 0) is 9.53 Å². The largest absolute Gasteiger partial charge is 0.384 e. The molecule has 0 atom stereocenters. The van der Waals surface area contributed by atoms with E-state index in [1.54, 1.807) is 12.3 Å². The molecule has 6 heteroatoms. The Bertz CT molecular complexity index is 441. The van der Waals surface area contributed by atoms with Crippen LogP contribution in [0.25, 0.3) is 0 Å². The van der Waals surface area contributed by atoms with Crippen LogP contribution >= 0.6 is 0 Å². The van der Waals surface area contributed by atoms with Crippen molar-refractivity contribution in [3.8, 4) is 0 Å². The first-order valence-electron chi connectivity index (χ1n) is 7.52. The number of carbonyl (C=O) groups is 1. The van der Waals surface area contributed by atoms with Crippen molar-refractivity contribution in [3.05, 3.63) is 18.3 Å². The van der Waals surface area contributed by atoms with Crippen LogP contribution in [0.15, 0.2) is 18.3 Å². The lowest BCUT2D eigenvalue weighted by Crippen LogP contribution is -2.49. The second-order valence-corrected chi connectivity index (χ2v) is 5.17. The van der Waals surface area contributed by atoms with Gasteiger partial charge in [0.1, 0.15) is 5.82 Å². The number of pyridine rings is 1. The minimum Gasteiger partial charge on any atom is -0.384 e. The molecule has 0 unspecified atom stereocenters. The molecule has 1 aliphatic rings. The van der Waals surface area contributed by atoms with Crippen molar-refractivity contribution in [2.45, 2.75) is 19.8 Å². The summed E-state index contributed by atoms with van der Waals surface area (Å²) in [5.41, 5.74) is 6.65. The molecular weight excluding hydrogens is 268 g/mol. The number of nitrogens with two attached hydrogens (primary N) is 1. The normalized spacial score (nSPS) is 15.3. The molecule has 0 aromatic carbocycles. The molecule has 1 fully saturated rings. The highest BCUT2D eigenvalue weighted by Crippen LogP contribution is 2.16. The number of amides is 1. The Morgan fingerprint density at radius 1 is 1.29 bits per heavy atom.